The van der Waals surface area contributed by atoms with Crippen LogP contribution in [-0.4, -0.2) is 0 Å². The van der Waals surface area contributed by atoms with Gasteiger partial charge in [0.05, 0.1) is 0 Å². The van der Waals surface area contributed by atoms with Crippen LogP contribution < -0.4 is 0 Å². The van der Waals surface area contributed by atoms with Gasteiger partial charge in [-0.25, -0.2) is 0 Å². The molecule has 0 aliphatic carbocycles. The van der Waals surface area contributed by atoms with Gasteiger partial charge < -0.3 is 0 Å². The van der Waals surface area contributed by atoms with Gasteiger partial charge in [0.15, 0.2) is 0 Å². The van der Waals surface area contributed by atoms with E-state index in [9.17, 15) is 0 Å². The molecule has 0 aliphatic rings. The first-order chi connectivity index (χ1) is 2.41. The molecule has 0 saturated heterocycles. The second kappa shape index (κ2) is 8.82. The second-order valence-electron chi connectivity index (χ2n) is 0.744. The van der Waals surface area contributed by atoms with Gasteiger partial charge in [0.1, 0.15) is 0 Å². The highest BCUT2D eigenvalue weighted by molar-refractivity contribution is 4.76. The lowest BCUT2D eigenvalue weighted by atomic mass is 10.6. The first kappa shape index (κ1) is 9.07. The van der Waals surface area contributed by atoms with Crippen molar-refractivity contribution in [2.45, 2.75) is 13.8 Å². The third-order valence-corrected chi connectivity index (χ3v) is 0.333. The van der Waals surface area contributed by atoms with Gasteiger partial charge in [-0.1, -0.05) is 0 Å². The molecule has 36 valence electrons. The largest absolute Gasteiger partial charge is 0.269 e. The SMILES string of the molecule is CC=C=CC.F. The maximum atomic E-state index is 2.86. The molecule has 0 aromatic rings. The molecular weight excluding hydrogens is 79.1 g/mol. The summed E-state index contributed by atoms with van der Waals surface area (Å²) in [6, 6.07) is 0. The van der Waals surface area contributed by atoms with E-state index in [1.807, 2.05) is 26.0 Å². The molecule has 0 saturated carbocycles. The summed E-state index contributed by atoms with van der Waals surface area (Å²) in [7, 11) is 0. The van der Waals surface area contributed by atoms with Crippen molar-refractivity contribution in [3.8, 4) is 0 Å². The van der Waals surface area contributed by atoms with E-state index in [1.165, 1.54) is 0 Å². The second-order valence-corrected chi connectivity index (χ2v) is 0.744. The lowest BCUT2D eigenvalue weighted by Crippen LogP contribution is -1.26. The van der Waals surface area contributed by atoms with E-state index < -0.39 is 0 Å². The van der Waals surface area contributed by atoms with E-state index in [0.717, 1.165) is 0 Å². The van der Waals surface area contributed by atoms with Crippen LogP contribution in [0.25, 0.3) is 0 Å². The fraction of sp³-hybridized carbons (Fsp3) is 0.400. The van der Waals surface area contributed by atoms with E-state index in [1.54, 1.807) is 0 Å². The Labute approximate surface area is 37.5 Å². The summed E-state index contributed by atoms with van der Waals surface area (Å²) in [4.78, 5) is 0. The third-order valence-electron chi connectivity index (χ3n) is 0.333. The lowest BCUT2D eigenvalue weighted by Gasteiger charge is -1.48. The summed E-state index contributed by atoms with van der Waals surface area (Å²) in [6.07, 6.45) is 3.75. The highest BCUT2D eigenvalue weighted by Crippen LogP contribution is 1.57. The molecule has 0 bridgehead atoms. The molecule has 0 heterocycles. The summed E-state index contributed by atoms with van der Waals surface area (Å²) < 4.78 is 0. The van der Waals surface area contributed by atoms with Gasteiger partial charge in [0.2, 0.25) is 0 Å². The Kier molecular flexibility index (Phi) is 13.3. The summed E-state index contributed by atoms with van der Waals surface area (Å²) in [5, 5.41) is 0. The Bertz CT molecular complexity index is 52.3. The fourth-order valence-electron chi connectivity index (χ4n) is 0.167. The molecule has 0 unspecified atom stereocenters. The Hall–Kier alpha value is -0.550. The van der Waals surface area contributed by atoms with Crippen molar-refractivity contribution >= 4 is 0 Å². The van der Waals surface area contributed by atoms with E-state index in [2.05, 4.69) is 5.73 Å². The molecule has 0 atom stereocenters. The Morgan fingerprint density at radius 2 is 1.50 bits per heavy atom. The molecule has 6 heavy (non-hydrogen) atoms. The van der Waals surface area contributed by atoms with E-state index >= 15 is 0 Å². The van der Waals surface area contributed by atoms with Gasteiger partial charge in [0.25, 0.3) is 0 Å². The normalized spacial score (nSPS) is 4.33. The monoisotopic (exact) mass is 88.1 g/mol. The topological polar surface area (TPSA) is 0 Å². The first-order valence-electron chi connectivity index (χ1n) is 1.73. The van der Waals surface area contributed by atoms with Gasteiger partial charge in [-0.15, -0.1) is 5.73 Å². The Balaban J connectivity index is 0. The van der Waals surface area contributed by atoms with Crippen molar-refractivity contribution in [1.82, 2.24) is 0 Å². The molecule has 0 aromatic carbocycles. The number of rotatable bonds is 0. The molecule has 0 nitrogen and oxygen atoms in total. The van der Waals surface area contributed by atoms with Crippen LogP contribution in [0.3, 0.4) is 0 Å². The van der Waals surface area contributed by atoms with Gasteiger partial charge >= 0.3 is 0 Å². The van der Waals surface area contributed by atoms with Gasteiger partial charge in [-0.2, -0.15) is 0 Å². The van der Waals surface area contributed by atoms with Crippen molar-refractivity contribution in [3.63, 3.8) is 0 Å². The molecule has 0 N–H and O–H groups in total. The third kappa shape index (κ3) is 9.85. The van der Waals surface area contributed by atoms with Crippen molar-refractivity contribution in [1.29, 1.82) is 0 Å². The van der Waals surface area contributed by atoms with E-state index in [0.29, 0.717) is 0 Å². The first-order valence-corrected chi connectivity index (χ1v) is 1.73. The fourth-order valence-corrected chi connectivity index (χ4v) is 0.167. The molecule has 0 aromatic heterocycles. The smallest absolute Gasteiger partial charge is 0.0393 e. The minimum absolute atomic E-state index is 0. The molecule has 0 aliphatic heterocycles. The van der Waals surface area contributed by atoms with Crippen molar-refractivity contribution in [3.05, 3.63) is 17.9 Å². The standard InChI is InChI=1S/C5H8.FH/c1-3-5-4-2;/h3-4H,1-2H3;1H. The van der Waals surface area contributed by atoms with Crippen LogP contribution in [-0.2, 0) is 0 Å². The van der Waals surface area contributed by atoms with Crippen LogP contribution in [0.15, 0.2) is 17.9 Å². The molecule has 0 rings (SSSR count). The molecule has 0 fully saturated rings. The zero-order valence-electron chi connectivity index (χ0n) is 4.06. The minimum Gasteiger partial charge on any atom is -0.269 e. The molecule has 0 spiro atoms. The van der Waals surface area contributed by atoms with Crippen LogP contribution in [0.5, 0.6) is 0 Å². The average molecular weight is 88.1 g/mol. The predicted molar refractivity (Wildman–Crippen MR) is 26.5 cm³/mol. The molecule has 0 radical (unpaired) electrons. The van der Waals surface area contributed by atoms with E-state index in [-0.39, 0.29) is 4.70 Å². The average Bonchev–Trinajstić information content (AvgIpc) is 1.41. The number of halogens is 1. The van der Waals surface area contributed by atoms with Crippen LogP contribution in [0.4, 0.5) is 4.70 Å². The van der Waals surface area contributed by atoms with Crippen molar-refractivity contribution in [2.75, 3.05) is 0 Å². The Morgan fingerprint density at radius 1 is 1.17 bits per heavy atom. The Morgan fingerprint density at radius 3 is 1.50 bits per heavy atom. The number of allylic oxidation sites excluding steroid dienone is 1. The molecule has 0 amide bonds. The zero-order valence-corrected chi connectivity index (χ0v) is 4.06. The van der Waals surface area contributed by atoms with Gasteiger partial charge in [-0.05, 0) is 26.0 Å². The summed E-state index contributed by atoms with van der Waals surface area (Å²) >= 11 is 0. The van der Waals surface area contributed by atoms with Gasteiger partial charge in [0, 0.05) is 0 Å². The van der Waals surface area contributed by atoms with Crippen LogP contribution >= 0.6 is 0 Å². The predicted octanol–water partition coefficient (Wildman–Crippen LogP) is 1.89. The zero-order chi connectivity index (χ0) is 4.12. The highest BCUT2D eigenvalue weighted by Gasteiger charge is 1.35. The quantitative estimate of drug-likeness (QED) is 0.397. The minimum atomic E-state index is 0. The maximum Gasteiger partial charge on any atom is -0.0393 e. The van der Waals surface area contributed by atoms with Crippen LogP contribution in [0, 0.1) is 0 Å². The van der Waals surface area contributed by atoms with Crippen LogP contribution in [0.2, 0.25) is 0 Å². The lowest BCUT2D eigenvalue weighted by molar-refractivity contribution is 1.11. The van der Waals surface area contributed by atoms with Gasteiger partial charge in [-0.3, -0.25) is 4.70 Å². The van der Waals surface area contributed by atoms with Crippen molar-refractivity contribution in [2.24, 2.45) is 0 Å². The molecule has 1 heteroatoms. The summed E-state index contributed by atoms with van der Waals surface area (Å²) in [5.41, 5.74) is 2.86. The summed E-state index contributed by atoms with van der Waals surface area (Å²) in [6.45, 7) is 3.89. The number of hydrogen-bond donors (Lipinski definition) is 0. The number of hydrogen-bond acceptors (Lipinski definition) is 0. The van der Waals surface area contributed by atoms with Crippen LogP contribution in [0.1, 0.15) is 13.8 Å². The highest BCUT2D eigenvalue weighted by atomic mass is 19.0. The maximum absolute atomic E-state index is 2.86. The molecular formula is C5H9F. The van der Waals surface area contributed by atoms with Crippen molar-refractivity contribution < 1.29 is 4.70 Å². The van der Waals surface area contributed by atoms with E-state index in [4.69, 9.17) is 0 Å². The summed E-state index contributed by atoms with van der Waals surface area (Å²) in [5.74, 6) is 0.